The van der Waals surface area contributed by atoms with Crippen LogP contribution in [0.2, 0.25) is 0 Å². The van der Waals surface area contributed by atoms with Crippen molar-refractivity contribution < 1.29 is 5.11 Å². The van der Waals surface area contributed by atoms with Gasteiger partial charge in [-0.3, -0.25) is 0 Å². The molecule has 0 aliphatic carbocycles. The molecule has 0 heterocycles. The molecule has 0 unspecified atom stereocenters. The first-order chi connectivity index (χ1) is 19.2. The second-order valence-corrected chi connectivity index (χ2v) is 12.6. The Morgan fingerprint density at radius 1 is 0.359 bits per heavy atom. The Hall–Kier alpha value is -0.980. The van der Waals surface area contributed by atoms with Crippen molar-refractivity contribution in [2.24, 2.45) is 0 Å². The molecule has 1 rings (SSSR count). The molecule has 1 aromatic carbocycles. The molecule has 39 heavy (non-hydrogen) atoms. The Kier molecular flexibility index (Phi) is 25.1. The van der Waals surface area contributed by atoms with Crippen LogP contribution in [-0.4, -0.2) is 5.11 Å². The number of phenolic OH excluding ortho intramolecular Hbond substituents is 1. The average molecular weight is 543 g/mol. The van der Waals surface area contributed by atoms with Crippen molar-refractivity contribution >= 4 is 0 Å². The fraction of sp³-hybridized carbons (Fsp3) is 0.842. The quantitative estimate of drug-likeness (QED) is 0.0998. The van der Waals surface area contributed by atoms with E-state index < -0.39 is 0 Å². The highest BCUT2D eigenvalue weighted by Gasteiger charge is 2.13. The van der Waals surface area contributed by atoms with E-state index in [0.717, 1.165) is 6.42 Å². The molecule has 0 amide bonds. The van der Waals surface area contributed by atoms with Crippen LogP contribution in [0.1, 0.15) is 204 Å². The van der Waals surface area contributed by atoms with E-state index in [2.05, 4.69) is 26.8 Å². The smallest absolute Gasteiger partial charge is 0.119 e. The summed E-state index contributed by atoms with van der Waals surface area (Å²) in [4.78, 5) is 0. The molecule has 1 nitrogen and oxygen atoms in total. The molecule has 228 valence electrons. The van der Waals surface area contributed by atoms with Gasteiger partial charge in [-0.2, -0.15) is 0 Å². The van der Waals surface area contributed by atoms with Gasteiger partial charge in [-0.25, -0.2) is 0 Å². The SMILES string of the molecule is CCCCCCCCCCCCc1ccc(O)c(CCCCCCCC)c1CCCCCCCCCCCC. The normalized spacial score (nSPS) is 11.5. The fourth-order valence-electron chi connectivity index (χ4n) is 6.23. The van der Waals surface area contributed by atoms with Gasteiger partial charge >= 0.3 is 0 Å². The summed E-state index contributed by atoms with van der Waals surface area (Å²) in [5.74, 6) is 0.567. The maximum atomic E-state index is 10.9. The molecule has 0 spiro atoms. The number of unbranched alkanes of at least 4 members (excludes halogenated alkanes) is 23. The number of phenols is 1. The summed E-state index contributed by atoms with van der Waals surface area (Å²) in [7, 11) is 0. The van der Waals surface area contributed by atoms with Crippen LogP contribution in [0.25, 0.3) is 0 Å². The molecule has 0 radical (unpaired) electrons. The zero-order chi connectivity index (χ0) is 28.2. The first-order valence-electron chi connectivity index (χ1n) is 18.1. The lowest BCUT2D eigenvalue weighted by Gasteiger charge is -2.17. The molecule has 0 aromatic heterocycles. The number of aryl methyl sites for hydroxylation is 1. The molecule has 0 fully saturated rings. The van der Waals surface area contributed by atoms with Crippen LogP contribution < -0.4 is 0 Å². The Balaban J connectivity index is 2.51. The van der Waals surface area contributed by atoms with Gasteiger partial charge in [-0.05, 0) is 61.3 Å². The lowest BCUT2D eigenvalue weighted by molar-refractivity contribution is 0.463. The van der Waals surface area contributed by atoms with Crippen LogP contribution >= 0.6 is 0 Å². The maximum Gasteiger partial charge on any atom is 0.119 e. The van der Waals surface area contributed by atoms with Crippen LogP contribution in [0.3, 0.4) is 0 Å². The third-order valence-electron chi connectivity index (χ3n) is 8.86. The molecule has 0 saturated heterocycles. The van der Waals surface area contributed by atoms with E-state index in [1.165, 1.54) is 191 Å². The monoisotopic (exact) mass is 543 g/mol. The van der Waals surface area contributed by atoms with Crippen LogP contribution in [0.15, 0.2) is 12.1 Å². The Morgan fingerprint density at radius 2 is 0.667 bits per heavy atom. The molecule has 0 saturated carbocycles. The maximum absolute atomic E-state index is 10.9. The number of aromatic hydroxyl groups is 1. The number of hydrogen-bond donors (Lipinski definition) is 1. The second-order valence-electron chi connectivity index (χ2n) is 12.6. The predicted molar refractivity (Wildman–Crippen MR) is 176 cm³/mol. The lowest BCUT2D eigenvalue weighted by atomic mass is 9.89. The number of rotatable bonds is 29. The molecular formula is C38H70O. The van der Waals surface area contributed by atoms with Crippen LogP contribution in [0, 0.1) is 0 Å². The summed E-state index contributed by atoms with van der Waals surface area (Å²) in [6, 6.07) is 4.28. The van der Waals surface area contributed by atoms with E-state index in [0.29, 0.717) is 5.75 Å². The van der Waals surface area contributed by atoms with Gasteiger partial charge in [-0.15, -0.1) is 0 Å². The van der Waals surface area contributed by atoms with E-state index >= 15 is 0 Å². The first-order valence-corrected chi connectivity index (χ1v) is 18.1. The van der Waals surface area contributed by atoms with Crippen molar-refractivity contribution in [1.29, 1.82) is 0 Å². The van der Waals surface area contributed by atoms with Gasteiger partial charge in [0.1, 0.15) is 5.75 Å². The average Bonchev–Trinajstić information content (AvgIpc) is 2.94. The highest BCUT2D eigenvalue weighted by Crippen LogP contribution is 2.30. The molecule has 1 N–H and O–H groups in total. The fourth-order valence-corrected chi connectivity index (χ4v) is 6.23. The van der Waals surface area contributed by atoms with Gasteiger partial charge in [0.2, 0.25) is 0 Å². The topological polar surface area (TPSA) is 20.2 Å². The van der Waals surface area contributed by atoms with E-state index in [9.17, 15) is 5.11 Å². The minimum atomic E-state index is 0.567. The third kappa shape index (κ3) is 19.7. The van der Waals surface area contributed by atoms with Gasteiger partial charge < -0.3 is 5.11 Å². The van der Waals surface area contributed by atoms with Crippen molar-refractivity contribution in [2.45, 2.75) is 207 Å². The zero-order valence-electron chi connectivity index (χ0n) is 27.1. The predicted octanol–water partition coefficient (Wildman–Crippen LogP) is 13.2. The summed E-state index contributed by atoms with van der Waals surface area (Å²) in [6.45, 7) is 6.89. The van der Waals surface area contributed by atoms with Crippen LogP contribution in [-0.2, 0) is 19.3 Å². The highest BCUT2D eigenvalue weighted by molar-refractivity contribution is 5.45. The van der Waals surface area contributed by atoms with Crippen molar-refractivity contribution in [3.63, 3.8) is 0 Å². The van der Waals surface area contributed by atoms with Gasteiger partial charge in [0, 0.05) is 0 Å². The standard InChI is InChI=1S/C38H70O/c1-4-7-10-13-16-18-20-22-24-27-30-35-33-34-38(39)37(32-29-25-15-12-9-6-3)36(35)31-28-26-23-21-19-17-14-11-8-5-2/h33-34,39H,4-32H2,1-3H3. The summed E-state index contributed by atoms with van der Waals surface area (Å²) >= 11 is 0. The van der Waals surface area contributed by atoms with Gasteiger partial charge in [0.05, 0.1) is 0 Å². The van der Waals surface area contributed by atoms with Crippen molar-refractivity contribution in [2.75, 3.05) is 0 Å². The van der Waals surface area contributed by atoms with E-state index in [1.807, 2.05) is 6.07 Å². The van der Waals surface area contributed by atoms with E-state index in [-0.39, 0.29) is 0 Å². The molecule has 0 aliphatic heterocycles. The van der Waals surface area contributed by atoms with E-state index in [1.54, 1.807) is 5.56 Å². The molecule has 0 bridgehead atoms. The molecular weight excluding hydrogens is 472 g/mol. The largest absolute Gasteiger partial charge is 0.508 e. The molecule has 1 aromatic rings. The minimum Gasteiger partial charge on any atom is -0.508 e. The summed E-state index contributed by atoms with van der Waals surface area (Å²) in [6.07, 6.45) is 39.2. The van der Waals surface area contributed by atoms with Gasteiger partial charge in [0.25, 0.3) is 0 Å². The molecule has 1 heteroatoms. The van der Waals surface area contributed by atoms with Gasteiger partial charge in [0.15, 0.2) is 0 Å². The minimum absolute atomic E-state index is 0.567. The van der Waals surface area contributed by atoms with Crippen LogP contribution in [0.5, 0.6) is 5.75 Å². The lowest BCUT2D eigenvalue weighted by Crippen LogP contribution is -2.03. The molecule has 0 aliphatic rings. The Labute approximate surface area is 246 Å². The van der Waals surface area contributed by atoms with Crippen molar-refractivity contribution in [3.8, 4) is 5.75 Å². The highest BCUT2D eigenvalue weighted by atomic mass is 16.3. The zero-order valence-corrected chi connectivity index (χ0v) is 27.1. The Morgan fingerprint density at radius 3 is 1.05 bits per heavy atom. The summed E-state index contributed by atoms with van der Waals surface area (Å²) in [5, 5.41) is 10.9. The second kappa shape index (κ2) is 27.2. The van der Waals surface area contributed by atoms with Crippen molar-refractivity contribution in [1.82, 2.24) is 0 Å². The summed E-state index contributed by atoms with van der Waals surface area (Å²) < 4.78 is 0. The van der Waals surface area contributed by atoms with Crippen molar-refractivity contribution in [3.05, 3.63) is 28.8 Å². The number of hydrogen-bond acceptors (Lipinski definition) is 1. The first kappa shape index (κ1) is 36.0. The molecule has 0 atom stereocenters. The number of benzene rings is 1. The third-order valence-corrected chi connectivity index (χ3v) is 8.86. The van der Waals surface area contributed by atoms with E-state index in [4.69, 9.17) is 0 Å². The Bertz CT molecular complexity index is 648. The van der Waals surface area contributed by atoms with Gasteiger partial charge in [-0.1, -0.05) is 175 Å². The summed E-state index contributed by atoms with van der Waals surface area (Å²) in [5.41, 5.74) is 4.37. The van der Waals surface area contributed by atoms with Crippen LogP contribution in [0.4, 0.5) is 0 Å².